The first kappa shape index (κ1) is 13.6. The zero-order chi connectivity index (χ0) is 14.2. The Morgan fingerprint density at radius 3 is 2.53 bits per heavy atom. The van der Waals surface area contributed by atoms with Gasteiger partial charge in [0.2, 0.25) is 0 Å². The Kier molecular flexibility index (Phi) is 3.34. The molecule has 0 aromatic carbocycles. The highest BCUT2D eigenvalue weighted by atomic mass is 19.4. The fourth-order valence-electron chi connectivity index (χ4n) is 1.97. The van der Waals surface area contributed by atoms with Gasteiger partial charge >= 0.3 is 6.18 Å². The van der Waals surface area contributed by atoms with Crippen LogP contribution in [0.4, 0.5) is 13.2 Å². The third-order valence-corrected chi connectivity index (χ3v) is 2.80. The van der Waals surface area contributed by atoms with E-state index in [1.807, 2.05) is 0 Å². The van der Waals surface area contributed by atoms with Gasteiger partial charge in [-0.25, -0.2) is 9.67 Å². The van der Waals surface area contributed by atoms with Crippen LogP contribution in [0.5, 0.6) is 0 Å². The Bertz CT molecular complexity index is 656. The van der Waals surface area contributed by atoms with E-state index in [1.165, 1.54) is 4.57 Å². The summed E-state index contributed by atoms with van der Waals surface area (Å²) in [5.41, 5.74) is -0.360. The molecule has 0 fully saturated rings. The van der Waals surface area contributed by atoms with Crippen LogP contribution in [0.15, 0.2) is 11.0 Å². The van der Waals surface area contributed by atoms with Crippen LogP contribution in [0, 0.1) is 0 Å². The summed E-state index contributed by atoms with van der Waals surface area (Å²) < 4.78 is 39.4. The Hall–Kier alpha value is -1.86. The molecule has 0 unspecified atom stereocenters. The van der Waals surface area contributed by atoms with Gasteiger partial charge in [-0.1, -0.05) is 6.92 Å². The zero-order valence-corrected chi connectivity index (χ0v) is 10.5. The highest BCUT2D eigenvalue weighted by Gasteiger charge is 2.30. The third kappa shape index (κ3) is 2.47. The predicted octanol–water partition coefficient (Wildman–Crippen LogP) is 1.74. The van der Waals surface area contributed by atoms with Gasteiger partial charge in [-0.05, 0) is 6.92 Å². The van der Waals surface area contributed by atoms with E-state index in [4.69, 9.17) is 0 Å². The molecule has 2 heterocycles. The standard InChI is InChI=1S/C11H13F3N4O/c1-3-8-16-9-7(10(19)17(8)4-2)5-15-18(9)6-11(12,13)14/h5H,3-4,6H2,1-2H3. The van der Waals surface area contributed by atoms with E-state index in [-0.39, 0.29) is 16.6 Å². The maximum Gasteiger partial charge on any atom is 0.408 e. The number of halogens is 3. The fourth-order valence-corrected chi connectivity index (χ4v) is 1.97. The summed E-state index contributed by atoms with van der Waals surface area (Å²) >= 11 is 0. The molecule has 0 aliphatic carbocycles. The molecule has 5 nitrogen and oxygen atoms in total. The molecule has 0 saturated heterocycles. The Morgan fingerprint density at radius 1 is 1.32 bits per heavy atom. The maximum absolute atomic E-state index is 12.4. The molecular formula is C11H13F3N4O. The van der Waals surface area contributed by atoms with Gasteiger partial charge in [0.15, 0.2) is 5.65 Å². The summed E-state index contributed by atoms with van der Waals surface area (Å²) in [5.74, 6) is 0.462. The number of fused-ring (bicyclic) bond motifs is 1. The average molecular weight is 274 g/mol. The summed E-state index contributed by atoms with van der Waals surface area (Å²) in [6, 6.07) is 0. The van der Waals surface area contributed by atoms with Gasteiger partial charge in [-0.2, -0.15) is 18.3 Å². The number of aryl methyl sites for hydroxylation is 1. The first-order chi connectivity index (χ1) is 8.87. The maximum atomic E-state index is 12.4. The number of nitrogens with zero attached hydrogens (tertiary/aromatic N) is 4. The van der Waals surface area contributed by atoms with Crippen LogP contribution in [0.1, 0.15) is 19.7 Å². The lowest BCUT2D eigenvalue weighted by atomic mass is 10.3. The van der Waals surface area contributed by atoms with Gasteiger partial charge in [-0.3, -0.25) is 9.36 Å². The SMILES string of the molecule is CCc1nc2c(cnn2CC(F)(F)F)c(=O)n1CC. The van der Waals surface area contributed by atoms with Crippen LogP contribution in [0.3, 0.4) is 0 Å². The summed E-state index contributed by atoms with van der Waals surface area (Å²) in [4.78, 5) is 16.2. The van der Waals surface area contributed by atoms with Crippen molar-refractivity contribution >= 4 is 11.0 Å². The minimum absolute atomic E-state index is 0.0103. The van der Waals surface area contributed by atoms with Crippen molar-refractivity contribution in [2.24, 2.45) is 0 Å². The molecular weight excluding hydrogens is 261 g/mol. The van der Waals surface area contributed by atoms with Crippen molar-refractivity contribution in [1.82, 2.24) is 19.3 Å². The highest BCUT2D eigenvalue weighted by molar-refractivity contribution is 5.73. The molecule has 2 aromatic heterocycles. The van der Waals surface area contributed by atoms with Gasteiger partial charge in [0.05, 0.1) is 6.20 Å². The summed E-state index contributed by atoms with van der Waals surface area (Å²) in [5, 5.41) is 3.73. The van der Waals surface area contributed by atoms with Crippen LogP contribution >= 0.6 is 0 Å². The van der Waals surface area contributed by atoms with Crippen LogP contribution in [-0.4, -0.2) is 25.5 Å². The predicted molar refractivity (Wildman–Crippen MR) is 62.9 cm³/mol. The molecule has 104 valence electrons. The van der Waals surface area contributed by atoms with Gasteiger partial charge in [0.25, 0.3) is 5.56 Å². The van der Waals surface area contributed by atoms with Crippen LogP contribution in [-0.2, 0) is 19.5 Å². The van der Waals surface area contributed by atoms with Gasteiger partial charge in [0, 0.05) is 13.0 Å². The second-order valence-electron chi connectivity index (χ2n) is 4.09. The number of hydrogen-bond donors (Lipinski definition) is 0. The minimum atomic E-state index is -4.40. The van der Waals surface area contributed by atoms with E-state index in [2.05, 4.69) is 10.1 Å². The first-order valence-corrected chi connectivity index (χ1v) is 5.89. The molecule has 0 atom stereocenters. The molecule has 0 spiro atoms. The first-order valence-electron chi connectivity index (χ1n) is 5.89. The van der Waals surface area contributed by atoms with E-state index in [9.17, 15) is 18.0 Å². The molecule has 0 aliphatic rings. The molecule has 2 rings (SSSR count). The number of hydrogen-bond acceptors (Lipinski definition) is 3. The third-order valence-electron chi connectivity index (χ3n) is 2.80. The molecule has 8 heteroatoms. The number of alkyl halides is 3. The Labute approximate surface area is 106 Å². The molecule has 0 aliphatic heterocycles. The average Bonchev–Trinajstić information content (AvgIpc) is 2.70. The van der Waals surface area contributed by atoms with Crippen molar-refractivity contribution in [1.29, 1.82) is 0 Å². The lowest BCUT2D eigenvalue weighted by Gasteiger charge is -2.10. The summed E-state index contributed by atoms with van der Waals surface area (Å²) in [6.07, 6.45) is -2.79. The molecule has 0 radical (unpaired) electrons. The van der Waals surface area contributed by atoms with Crippen LogP contribution < -0.4 is 5.56 Å². The number of rotatable bonds is 3. The van der Waals surface area contributed by atoms with Crippen LogP contribution in [0.2, 0.25) is 0 Å². The van der Waals surface area contributed by atoms with E-state index in [0.717, 1.165) is 10.9 Å². The fraction of sp³-hybridized carbons (Fsp3) is 0.545. The monoisotopic (exact) mass is 274 g/mol. The zero-order valence-electron chi connectivity index (χ0n) is 10.5. The second-order valence-corrected chi connectivity index (χ2v) is 4.09. The Morgan fingerprint density at radius 2 is 2.00 bits per heavy atom. The lowest BCUT2D eigenvalue weighted by Crippen LogP contribution is -2.25. The van der Waals surface area contributed by atoms with E-state index < -0.39 is 12.7 Å². The van der Waals surface area contributed by atoms with E-state index >= 15 is 0 Å². The smallest absolute Gasteiger partial charge is 0.296 e. The highest BCUT2D eigenvalue weighted by Crippen LogP contribution is 2.19. The van der Waals surface area contributed by atoms with Crippen molar-refractivity contribution in [2.45, 2.75) is 39.5 Å². The molecule has 0 bridgehead atoms. The minimum Gasteiger partial charge on any atom is -0.296 e. The quantitative estimate of drug-likeness (QED) is 0.856. The van der Waals surface area contributed by atoms with Gasteiger partial charge in [0.1, 0.15) is 17.8 Å². The van der Waals surface area contributed by atoms with E-state index in [0.29, 0.717) is 18.8 Å². The van der Waals surface area contributed by atoms with E-state index in [1.54, 1.807) is 13.8 Å². The molecule has 0 saturated carbocycles. The Balaban J connectivity index is 2.67. The molecule has 0 N–H and O–H groups in total. The number of aromatic nitrogens is 4. The largest absolute Gasteiger partial charge is 0.408 e. The van der Waals surface area contributed by atoms with Crippen molar-refractivity contribution < 1.29 is 13.2 Å². The summed E-state index contributed by atoms with van der Waals surface area (Å²) in [6.45, 7) is 2.76. The normalized spacial score (nSPS) is 12.3. The topological polar surface area (TPSA) is 52.7 Å². The molecule has 0 amide bonds. The van der Waals surface area contributed by atoms with Crippen molar-refractivity contribution in [3.05, 3.63) is 22.4 Å². The summed E-state index contributed by atoms with van der Waals surface area (Å²) in [7, 11) is 0. The van der Waals surface area contributed by atoms with Crippen molar-refractivity contribution in [2.75, 3.05) is 0 Å². The lowest BCUT2D eigenvalue weighted by molar-refractivity contribution is -0.141. The van der Waals surface area contributed by atoms with Crippen molar-refractivity contribution in [3.8, 4) is 0 Å². The second kappa shape index (κ2) is 4.67. The van der Waals surface area contributed by atoms with Crippen LogP contribution in [0.25, 0.3) is 11.0 Å². The van der Waals surface area contributed by atoms with Crippen molar-refractivity contribution in [3.63, 3.8) is 0 Å². The van der Waals surface area contributed by atoms with Gasteiger partial charge < -0.3 is 0 Å². The van der Waals surface area contributed by atoms with Gasteiger partial charge in [-0.15, -0.1) is 0 Å². The molecule has 2 aromatic rings. The molecule has 19 heavy (non-hydrogen) atoms.